The van der Waals surface area contributed by atoms with E-state index in [0.29, 0.717) is 5.54 Å². The summed E-state index contributed by atoms with van der Waals surface area (Å²) in [6, 6.07) is 22.9. The van der Waals surface area contributed by atoms with Crippen molar-refractivity contribution in [2.75, 3.05) is 0 Å². The van der Waals surface area contributed by atoms with Crippen molar-refractivity contribution in [2.45, 2.75) is 99.5 Å². The van der Waals surface area contributed by atoms with E-state index in [1.54, 1.807) is 15.6 Å². The first kappa shape index (κ1) is 28.4. The van der Waals surface area contributed by atoms with E-state index in [0.717, 1.165) is 38.5 Å². The second-order valence-corrected chi connectivity index (χ2v) is 15.3. The molecule has 38 heavy (non-hydrogen) atoms. The molecule has 0 heterocycles. The van der Waals surface area contributed by atoms with Gasteiger partial charge in [0.2, 0.25) is 0 Å². The topological polar surface area (TPSA) is 0 Å². The Bertz CT molecular complexity index is 1150. The largest absolute Gasteiger partial charge is 0.159 e. The summed E-state index contributed by atoms with van der Waals surface area (Å²) >= 11 is 0. The number of hydrogen-bond acceptors (Lipinski definition) is 0. The van der Waals surface area contributed by atoms with Gasteiger partial charge >= 0.3 is 0 Å². The maximum absolute atomic E-state index is 2.61. The molecule has 4 rings (SSSR count). The minimum Gasteiger partial charge on any atom is -0.0761 e. The maximum Gasteiger partial charge on any atom is 0.159 e. The fourth-order valence-electron chi connectivity index (χ4n) is 6.59. The molecule has 3 aromatic carbocycles. The zero-order chi connectivity index (χ0) is 27.4. The van der Waals surface area contributed by atoms with Crippen molar-refractivity contribution in [1.29, 1.82) is 0 Å². The van der Waals surface area contributed by atoms with E-state index in [2.05, 4.69) is 122 Å². The van der Waals surface area contributed by atoms with Crippen molar-refractivity contribution in [3.8, 4) is 0 Å². The van der Waals surface area contributed by atoms with Crippen molar-refractivity contribution in [1.82, 2.24) is 0 Å². The van der Waals surface area contributed by atoms with Gasteiger partial charge in [-0.1, -0.05) is 119 Å². The van der Waals surface area contributed by atoms with E-state index in [1.807, 2.05) is 0 Å². The van der Waals surface area contributed by atoms with Gasteiger partial charge in [0, 0.05) is 5.54 Å². The number of benzene rings is 3. The number of hydrogen-bond donors (Lipinski definition) is 0. The molecule has 0 radical (unpaired) electrons. The van der Waals surface area contributed by atoms with Crippen molar-refractivity contribution in [3.05, 3.63) is 111 Å². The summed E-state index contributed by atoms with van der Waals surface area (Å²) < 4.78 is 0. The van der Waals surface area contributed by atoms with Gasteiger partial charge in [-0.15, -0.1) is 0 Å². The predicted octanol–water partition coefficient (Wildman–Crippen LogP) is 7.81. The second kappa shape index (κ2) is 12.0. The molecule has 0 saturated heterocycles. The Morgan fingerprint density at radius 3 is 0.974 bits per heavy atom. The molecule has 0 N–H and O–H groups in total. The zero-order valence-corrected chi connectivity index (χ0v) is 26.2. The van der Waals surface area contributed by atoms with Crippen LogP contribution in [0.4, 0.5) is 0 Å². The van der Waals surface area contributed by atoms with Crippen LogP contribution in [0.5, 0.6) is 0 Å². The highest BCUT2D eigenvalue weighted by Crippen LogP contribution is 2.38. The summed E-state index contributed by atoms with van der Waals surface area (Å²) in [6.07, 6.45) is 11.5. The molecule has 1 heteroatoms. The van der Waals surface area contributed by atoms with Crippen LogP contribution >= 0.6 is 0 Å². The second-order valence-electron chi connectivity index (χ2n) is 11.3. The number of allylic oxidation sites excluding steroid dienone is 4. The number of rotatable bonds is 10. The quantitative estimate of drug-likeness (QED) is 0.189. The van der Waals surface area contributed by atoms with Gasteiger partial charge in [-0.25, -0.2) is 0 Å². The molecule has 3 aromatic rings. The predicted molar refractivity (Wildman–Crippen MR) is 172 cm³/mol. The van der Waals surface area contributed by atoms with Gasteiger partial charge in [-0.2, -0.15) is 0 Å². The van der Waals surface area contributed by atoms with Gasteiger partial charge in [0.05, 0.1) is 0 Å². The minimum absolute atomic E-state index is 0.410. The third kappa shape index (κ3) is 5.28. The fraction of sp³-hybridized carbons (Fsp3) is 0.405. The van der Waals surface area contributed by atoms with Crippen LogP contribution in [0.1, 0.15) is 88.8 Å². The van der Waals surface area contributed by atoms with Gasteiger partial charge < -0.3 is 0 Å². The van der Waals surface area contributed by atoms with Crippen molar-refractivity contribution < 1.29 is 0 Å². The minimum atomic E-state index is -2.53. The fourth-order valence-corrected chi connectivity index (χ4v) is 12.4. The summed E-state index contributed by atoms with van der Waals surface area (Å²) in [5, 5.41) is 4.76. The lowest BCUT2D eigenvalue weighted by Gasteiger charge is -2.41. The lowest BCUT2D eigenvalue weighted by atomic mass is 10.1. The molecule has 0 bridgehead atoms. The van der Waals surface area contributed by atoms with Gasteiger partial charge in [-0.3, -0.25) is 0 Å². The highest BCUT2D eigenvalue weighted by Gasteiger charge is 2.48. The van der Waals surface area contributed by atoms with Crippen molar-refractivity contribution in [2.24, 2.45) is 0 Å². The molecule has 200 valence electrons. The van der Waals surface area contributed by atoms with Crippen LogP contribution in [0.25, 0.3) is 0 Å². The first-order chi connectivity index (χ1) is 18.3. The maximum atomic E-state index is 2.61. The first-order valence-electron chi connectivity index (χ1n) is 15.1. The van der Waals surface area contributed by atoms with Gasteiger partial charge in [0.25, 0.3) is 0 Å². The van der Waals surface area contributed by atoms with Crippen LogP contribution in [0.15, 0.2) is 77.9 Å². The molecule has 1 atom stereocenters. The average Bonchev–Trinajstić information content (AvgIpc) is 3.30. The Hall–Kier alpha value is -2.64. The lowest BCUT2D eigenvalue weighted by Crippen LogP contribution is -2.70. The SMILES string of the molecule is CCc1cc(CC)cc([Si](c2cc(CC)cc(CC)c2)(c2cc(CC)cc(CC)c2)C2C=C(C)C=C2C)c1. The van der Waals surface area contributed by atoms with E-state index in [1.165, 1.54) is 44.5 Å². The van der Waals surface area contributed by atoms with Gasteiger partial charge in [0.15, 0.2) is 8.07 Å². The van der Waals surface area contributed by atoms with Gasteiger partial charge in [-0.05, 0) is 101 Å². The molecule has 0 spiro atoms. The third-order valence-electron chi connectivity index (χ3n) is 8.82. The van der Waals surface area contributed by atoms with E-state index in [4.69, 9.17) is 0 Å². The average molecular weight is 521 g/mol. The number of aryl methyl sites for hydroxylation is 6. The molecule has 1 aliphatic rings. The summed E-state index contributed by atoms with van der Waals surface area (Å²) in [6.45, 7) is 18.6. The summed E-state index contributed by atoms with van der Waals surface area (Å²) in [5.41, 5.74) is 12.2. The van der Waals surface area contributed by atoms with Crippen LogP contribution < -0.4 is 15.6 Å². The Labute approximate surface area is 233 Å². The molecule has 0 aromatic heterocycles. The summed E-state index contributed by atoms with van der Waals surface area (Å²) in [5.74, 6) is 0. The van der Waals surface area contributed by atoms with E-state index < -0.39 is 8.07 Å². The molecule has 0 saturated carbocycles. The highest BCUT2D eigenvalue weighted by atomic mass is 28.3. The van der Waals surface area contributed by atoms with Crippen molar-refractivity contribution >= 4 is 23.6 Å². The van der Waals surface area contributed by atoms with Crippen LogP contribution in [0.3, 0.4) is 0 Å². The van der Waals surface area contributed by atoms with Gasteiger partial charge in [0.1, 0.15) is 0 Å². The Morgan fingerprint density at radius 2 is 0.763 bits per heavy atom. The molecular formula is C37H48Si. The Morgan fingerprint density at radius 1 is 0.474 bits per heavy atom. The first-order valence-corrected chi connectivity index (χ1v) is 17.2. The normalized spacial score (nSPS) is 15.5. The van der Waals surface area contributed by atoms with E-state index in [-0.39, 0.29) is 0 Å². The Balaban J connectivity index is 2.25. The standard InChI is InChI=1S/C37H48Si/c1-9-28-17-29(10-2)21-34(20-28)38(37-16-26(7)15-27(37)8,35-22-30(11-3)18-31(12-4)23-35)36-24-32(13-5)19-33(14-6)25-36/h15-25,37H,9-14H2,1-8H3. The van der Waals surface area contributed by atoms with E-state index >= 15 is 0 Å². The molecule has 1 unspecified atom stereocenters. The van der Waals surface area contributed by atoms with E-state index in [9.17, 15) is 0 Å². The van der Waals surface area contributed by atoms with Crippen LogP contribution in [0, 0.1) is 0 Å². The highest BCUT2D eigenvalue weighted by molar-refractivity contribution is 7.13. The summed E-state index contributed by atoms with van der Waals surface area (Å²) in [7, 11) is -2.53. The van der Waals surface area contributed by atoms with Crippen LogP contribution in [-0.4, -0.2) is 8.07 Å². The monoisotopic (exact) mass is 520 g/mol. The molecule has 0 nitrogen and oxygen atoms in total. The summed E-state index contributed by atoms with van der Waals surface area (Å²) in [4.78, 5) is 0. The molecular weight excluding hydrogens is 472 g/mol. The molecule has 0 amide bonds. The van der Waals surface area contributed by atoms with Crippen LogP contribution in [0.2, 0.25) is 5.54 Å². The molecule has 0 fully saturated rings. The smallest absolute Gasteiger partial charge is 0.0761 e. The van der Waals surface area contributed by atoms with Crippen molar-refractivity contribution in [3.63, 3.8) is 0 Å². The van der Waals surface area contributed by atoms with Crippen LogP contribution in [-0.2, 0) is 38.5 Å². The third-order valence-corrected chi connectivity index (χ3v) is 14.0. The zero-order valence-electron chi connectivity index (χ0n) is 25.2. The molecule has 0 aliphatic heterocycles. The lowest BCUT2D eigenvalue weighted by molar-refractivity contribution is 1.08. The molecule has 1 aliphatic carbocycles. The Kier molecular flexibility index (Phi) is 8.99.